The predicted octanol–water partition coefficient (Wildman–Crippen LogP) is 2.88. The van der Waals surface area contributed by atoms with E-state index in [1.165, 1.54) is 24.7 Å². The number of amides is 2. The molecule has 0 unspecified atom stereocenters. The summed E-state index contributed by atoms with van der Waals surface area (Å²) in [6, 6.07) is 11.0. The largest absolute Gasteiger partial charge is 0.459 e. The number of carbonyl (C=O) groups is 2. The van der Waals surface area contributed by atoms with Crippen molar-refractivity contribution >= 4 is 17.5 Å². The molecule has 0 saturated carbocycles. The quantitative estimate of drug-likeness (QED) is 0.836. The molecule has 2 N–H and O–H groups in total. The Morgan fingerprint density at radius 1 is 1.23 bits per heavy atom. The summed E-state index contributed by atoms with van der Waals surface area (Å²) in [7, 11) is 0. The Morgan fingerprint density at radius 3 is 2.73 bits per heavy atom. The monoisotopic (exact) mass is 355 g/mol. The van der Waals surface area contributed by atoms with Gasteiger partial charge in [0.05, 0.1) is 12.8 Å². The fourth-order valence-electron chi connectivity index (χ4n) is 3.24. The lowest BCUT2D eigenvalue weighted by atomic mass is 10.00. The third-order valence-corrected chi connectivity index (χ3v) is 4.54. The van der Waals surface area contributed by atoms with Crippen LogP contribution in [-0.2, 0) is 11.3 Å². The normalized spacial score (nSPS) is 17.7. The van der Waals surface area contributed by atoms with Gasteiger partial charge in [-0.1, -0.05) is 19.1 Å². The van der Waals surface area contributed by atoms with Crippen molar-refractivity contribution in [2.45, 2.75) is 26.3 Å². The van der Waals surface area contributed by atoms with E-state index in [0.717, 1.165) is 31.2 Å². The number of hydrogen-bond acceptors (Lipinski definition) is 4. The molecule has 6 heteroatoms. The van der Waals surface area contributed by atoms with Crippen LogP contribution in [0.1, 0.15) is 35.9 Å². The molecule has 2 amide bonds. The third-order valence-electron chi connectivity index (χ3n) is 4.54. The summed E-state index contributed by atoms with van der Waals surface area (Å²) in [5, 5.41) is 5.31. The summed E-state index contributed by atoms with van der Waals surface area (Å²) in [5.41, 5.74) is 1.96. The first kappa shape index (κ1) is 18.2. The van der Waals surface area contributed by atoms with Crippen LogP contribution in [-0.4, -0.2) is 36.3 Å². The van der Waals surface area contributed by atoms with Gasteiger partial charge in [-0.05, 0) is 55.1 Å². The maximum Gasteiger partial charge on any atom is 0.287 e. The minimum absolute atomic E-state index is 0.104. The maximum absolute atomic E-state index is 12.0. The topological polar surface area (TPSA) is 74.6 Å². The number of rotatable bonds is 6. The zero-order valence-corrected chi connectivity index (χ0v) is 15.0. The van der Waals surface area contributed by atoms with Gasteiger partial charge in [-0.15, -0.1) is 0 Å². The van der Waals surface area contributed by atoms with Crippen molar-refractivity contribution in [3.8, 4) is 0 Å². The van der Waals surface area contributed by atoms with Gasteiger partial charge in [0, 0.05) is 18.8 Å². The predicted molar refractivity (Wildman–Crippen MR) is 99.8 cm³/mol. The van der Waals surface area contributed by atoms with Gasteiger partial charge in [0.15, 0.2) is 5.76 Å². The summed E-state index contributed by atoms with van der Waals surface area (Å²) in [6.07, 6.45) is 4.00. The van der Waals surface area contributed by atoms with Gasteiger partial charge >= 0.3 is 0 Å². The van der Waals surface area contributed by atoms with Crippen LogP contribution in [0.4, 0.5) is 5.69 Å². The van der Waals surface area contributed by atoms with E-state index in [2.05, 4.69) is 22.5 Å². The number of benzene rings is 1. The number of nitrogens with one attached hydrogen (secondary N) is 2. The van der Waals surface area contributed by atoms with Crippen molar-refractivity contribution < 1.29 is 14.0 Å². The van der Waals surface area contributed by atoms with Crippen LogP contribution < -0.4 is 10.6 Å². The molecule has 2 aromatic rings. The van der Waals surface area contributed by atoms with E-state index in [1.807, 2.05) is 24.3 Å². The Hall–Kier alpha value is -2.60. The summed E-state index contributed by atoms with van der Waals surface area (Å²) in [5.74, 6) is 0.270. The highest BCUT2D eigenvalue weighted by Gasteiger charge is 2.16. The summed E-state index contributed by atoms with van der Waals surface area (Å²) in [4.78, 5) is 26.2. The van der Waals surface area contributed by atoms with Gasteiger partial charge in [-0.25, -0.2) is 0 Å². The van der Waals surface area contributed by atoms with Gasteiger partial charge in [0.2, 0.25) is 5.91 Å². The molecular weight excluding hydrogens is 330 g/mol. The highest BCUT2D eigenvalue weighted by molar-refractivity contribution is 5.97. The average molecular weight is 355 g/mol. The highest BCUT2D eigenvalue weighted by Crippen LogP contribution is 2.18. The van der Waals surface area contributed by atoms with Crippen LogP contribution in [0.5, 0.6) is 0 Å². The Kier molecular flexibility index (Phi) is 6.07. The van der Waals surface area contributed by atoms with E-state index < -0.39 is 5.91 Å². The molecule has 26 heavy (non-hydrogen) atoms. The molecule has 0 spiro atoms. The number of carbonyl (C=O) groups excluding carboxylic acids is 2. The molecule has 1 aromatic carbocycles. The first-order valence-electron chi connectivity index (χ1n) is 9.03. The van der Waals surface area contributed by atoms with E-state index in [9.17, 15) is 9.59 Å². The molecule has 0 radical (unpaired) electrons. The van der Waals surface area contributed by atoms with Gasteiger partial charge in [-0.3, -0.25) is 14.5 Å². The maximum atomic E-state index is 12.0. The van der Waals surface area contributed by atoms with Crippen molar-refractivity contribution in [3.05, 3.63) is 54.0 Å². The zero-order valence-electron chi connectivity index (χ0n) is 15.0. The lowest BCUT2D eigenvalue weighted by molar-refractivity contribution is -0.115. The number of likely N-dealkylation sites (tertiary alicyclic amines) is 1. The standard InChI is InChI=1S/C20H25N3O3/c1-15-4-2-10-23(13-15)14-16-6-8-17(9-7-16)22-19(24)12-21-20(25)18-5-3-11-26-18/h3,5-9,11,15H,2,4,10,12-14H2,1H3,(H,21,25)(H,22,24)/t15-/m0/s1. The molecule has 0 aliphatic carbocycles. The number of piperidine rings is 1. The molecule has 6 nitrogen and oxygen atoms in total. The first-order valence-corrected chi connectivity index (χ1v) is 9.03. The second-order valence-electron chi connectivity index (χ2n) is 6.89. The van der Waals surface area contributed by atoms with Gasteiger partial charge < -0.3 is 15.1 Å². The van der Waals surface area contributed by atoms with Gasteiger partial charge in [0.1, 0.15) is 0 Å². The minimum atomic E-state index is -0.406. The number of hydrogen-bond donors (Lipinski definition) is 2. The van der Waals surface area contributed by atoms with E-state index in [-0.39, 0.29) is 18.2 Å². The smallest absolute Gasteiger partial charge is 0.287 e. The molecule has 3 rings (SSSR count). The summed E-state index contributed by atoms with van der Waals surface area (Å²) < 4.78 is 4.98. The molecule has 1 fully saturated rings. The van der Waals surface area contributed by atoms with Crippen LogP contribution in [0, 0.1) is 5.92 Å². The summed E-state index contributed by atoms with van der Waals surface area (Å²) in [6.45, 7) is 5.44. The van der Waals surface area contributed by atoms with Gasteiger partial charge in [-0.2, -0.15) is 0 Å². The zero-order chi connectivity index (χ0) is 18.4. The van der Waals surface area contributed by atoms with Crippen molar-refractivity contribution in [3.63, 3.8) is 0 Å². The average Bonchev–Trinajstić information content (AvgIpc) is 3.16. The molecule has 1 aliphatic rings. The summed E-state index contributed by atoms with van der Waals surface area (Å²) >= 11 is 0. The van der Waals surface area contributed by atoms with Crippen LogP contribution in [0.25, 0.3) is 0 Å². The Morgan fingerprint density at radius 2 is 2.04 bits per heavy atom. The molecule has 1 atom stereocenters. The van der Waals surface area contributed by atoms with Crippen LogP contribution in [0.15, 0.2) is 47.1 Å². The van der Waals surface area contributed by atoms with E-state index in [1.54, 1.807) is 12.1 Å². The molecule has 138 valence electrons. The second kappa shape index (κ2) is 8.67. The molecule has 2 heterocycles. The molecule has 0 bridgehead atoms. The minimum Gasteiger partial charge on any atom is -0.459 e. The van der Waals surface area contributed by atoms with Crippen molar-refractivity contribution in [2.75, 3.05) is 25.0 Å². The van der Waals surface area contributed by atoms with Crippen molar-refractivity contribution in [1.29, 1.82) is 0 Å². The molecule has 1 aliphatic heterocycles. The van der Waals surface area contributed by atoms with Crippen molar-refractivity contribution in [2.24, 2.45) is 5.92 Å². The highest BCUT2D eigenvalue weighted by atomic mass is 16.3. The lowest BCUT2D eigenvalue weighted by Crippen LogP contribution is -2.33. The molecule has 1 saturated heterocycles. The Bertz CT molecular complexity index is 725. The fourth-order valence-corrected chi connectivity index (χ4v) is 3.24. The lowest BCUT2D eigenvalue weighted by Gasteiger charge is -2.30. The number of nitrogens with zero attached hydrogens (tertiary/aromatic N) is 1. The third kappa shape index (κ3) is 5.20. The van der Waals surface area contributed by atoms with Gasteiger partial charge in [0.25, 0.3) is 5.91 Å². The first-order chi connectivity index (χ1) is 12.6. The fraction of sp³-hybridized carbons (Fsp3) is 0.400. The molecular formula is C20H25N3O3. The Labute approximate surface area is 153 Å². The van der Waals surface area contributed by atoms with Crippen LogP contribution in [0.2, 0.25) is 0 Å². The van der Waals surface area contributed by atoms with E-state index in [4.69, 9.17) is 4.42 Å². The van der Waals surface area contributed by atoms with E-state index in [0.29, 0.717) is 0 Å². The van der Waals surface area contributed by atoms with Crippen LogP contribution in [0.3, 0.4) is 0 Å². The SMILES string of the molecule is C[C@H]1CCCN(Cc2ccc(NC(=O)CNC(=O)c3ccco3)cc2)C1. The van der Waals surface area contributed by atoms with Crippen molar-refractivity contribution in [1.82, 2.24) is 10.2 Å². The van der Waals surface area contributed by atoms with E-state index >= 15 is 0 Å². The van der Waals surface area contributed by atoms with Crippen LogP contribution >= 0.6 is 0 Å². The Balaban J connectivity index is 1.44. The number of furan rings is 1. The second-order valence-corrected chi connectivity index (χ2v) is 6.89. The molecule has 1 aromatic heterocycles. The number of anilines is 1.